The number of hydrogen-bond donors (Lipinski definition) is 1. The predicted molar refractivity (Wildman–Crippen MR) is 108 cm³/mol. The Hall–Kier alpha value is -2.91. The highest BCUT2D eigenvalue weighted by atomic mass is 32.1. The lowest BCUT2D eigenvalue weighted by Crippen LogP contribution is -2.33. The molecule has 0 saturated heterocycles. The summed E-state index contributed by atoms with van der Waals surface area (Å²) in [7, 11) is 0. The van der Waals surface area contributed by atoms with Crippen molar-refractivity contribution >= 4 is 38.8 Å². The van der Waals surface area contributed by atoms with Crippen molar-refractivity contribution in [1.82, 2.24) is 20.1 Å². The SMILES string of the molecule is Cc1nc2c(=O)n(CC(=O)NCc3ccc(F)cc3)nc(-c3cccs3)c2s1. The molecule has 28 heavy (non-hydrogen) atoms. The number of thiazole rings is 1. The smallest absolute Gasteiger partial charge is 0.294 e. The van der Waals surface area contributed by atoms with Crippen LogP contribution < -0.4 is 10.9 Å². The summed E-state index contributed by atoms with van der Waals surface area (Å²) in [6.07, 6.45) is 0. The number of benzene rings is 1. The molecule has 9 heteroatoms. The number of nitrogens with one attached hydrogen (secondary N) is 1. The van der Waals surface area contributed by atoms with Gasteiger partial charge < -0.3 is 5.32 Å². The Morgan fingerprint density at radius 2 is 2.04 bits per heavy atom. The average molecular weight is 414 g/mol. The minimum absolute atomic E-state index is 0.217. The van der Waals surface area contributed by atoms with Gasteiger partial charge in [0.2, 0.25) is 5.91 Å². The topological polar surface area (TPSA) is 76.9 Å². The molecule has 0 aliphatic heterocycles. The van der Waals surface area contributed by atoms with Crippen molar-refractivity contribution < 1.29 is 9.18 Å². The van der Waals surface area contributed by atoms with E-state index < -0.39 is 5.56 Å². The van der Waals surface area contributed by atoms with E-state index in [1.54, 1.807) is 12.1 Å². The van der Waals surface area contributed by atoms with Crippen LogP contribution in [0.3, 0.4) is 0 Å². The van der Waals surface area contributed by atoms with E-state index >= 15 is 0 Å². The van der Waals surface area contributed by atoms with Crippen LogP contribution in [0, 0.1) is 12.7 Å². The van der Waals surface area contributed by atoms with Gasteiger partial charge in [0.15, 0.2) is 5.52 Å². The van der Waals surface area contributed by atoms with Crippen molar-refractivity contribution in [3.63, 3.8) is 0 Å². The summed E-state index contributed by atoms with van der Waals surface area (Å²) >= 11 is 2.93. The zero-order valence-electron chi connectivity index (χ0n) is 14.8. The molecule has 4 aromatic rings. The number of aromatic nitrogens is 3. The molecule has 1 aromatic carbocycles. The van der Waals surface area contributed by atoms with Crippen LogP contribution in [0.2, 0.25) is 0 Å². The number of hydrogen-bond acceptors (Lipinski definition) is 6. The van der Waals surface area contributed by atoms with E-state index in [0.29, 0.717) is 11.2 Å². The summed E-state index contributed by atoms with van der Waals surface area (Å²) in [5.41, 5.74) is 1.35. The third-order valence-corrected chi connectivity index (χ3v) is 5.91. The van der Waals surface area contributed by atoms with Gasteiger partial charge >= 0.3 is 0 Å². The fourth-order valence-electron chi connectivity index (χ4n) is 2.74. The number of aryl methyl sites for hydroxylation is 1. The Bertz CT molecular complexity index is 1200. The Kier molecular flexibility index (Phi) is 5.01. The number of thiophene rings is 1. The van der Waals surface area contributed by atoms with Gasteiger partial charge in [-0.2, -0.15) is 5.10 Å². The van der Waals surface area contributed by atoms with Crippen LogP contribution in [0.1, 0.15) is 10.6 Å². The van der Waals surface area contributed by atoms with Crippen molar-refractivity contribution in [2.24, 2.45) is 0 Å². The van der Waals surface area contributed by atoms with Gasteiger partial charge in [0, 0.05) is 6.54 Å². The molecule has 0 spiro atoms. The second-order valence-electron chi connectivity index (χ2n) is 6.10. The van der Waals surface area contributed by atoms with Crippen molar-refractivity contribution in [3.05, 3.63) is 68.5 Å². The molecule has 142 valence electrons. The van der Waals surface area contributed by atoms with Gasteiger partial charge in [0.05, 0.1) is 14.6 Å². The highest BCUT2D eigenvalue weighted by Crippen LogP contribution is 2.31. The first-order valence-electron chi connectivity index (χ1n) is 8.44. The molecule has 4 rings (SSSR count). The molecule has 0 unspecified atom stereocenters. The number of amides is 1. The molecular weight excluding hydrogens is 399 g/mol. The molecule has 0 aliphatic rings. The fraction of sp³-hybridized carbons (Fsp3) is 0.158. The van der Waals surface area contributed by atoms with E-state index in [2.05, 4.69) is 15.4 Å². The highest BCUT2D eigenvalue weighted by Gasteiger charge is 2.18. The molecule has 0 radical (unpaired) electrons. The van der Waals surface area contributed by atoms with E-state index in [1.165, 1.54) is 34.8 Å². The summed E-state index contributed by atoms with van der Waals surface area (Å²) in [6, 6.07) is 9.69. The summed E-state index contributed by atoms with van der Waals surface area (Å²) in [6.45, 7) is 1.86. The summed E-state index contributed by atoms with van der Waals surface area (Å²) < 4.78 is 14.8. The second kappa shape index (κ2) is 7.61. The third kappa shape index (κ3) is 3.71. The number of carbonyl (C=O) groups is 1. The first kappa shape index (κ1) is 18.5. The summed E-state index contributed by atoms with van der Waals surface area (Å²) in [5, 5.41) is 9.86. The van der Waals surface area contributed by atoms with Crippen molar-refractivity contribution in [2.45, 2.75) is 20.0 Å². The second-order valence-corrected chi connectivity index (χ2v) is 8.25. The van der Waals surface area contributed by atoms with E-state index in [1.807, 2.05) is 24.4 Å². The Balaban J connectivity index is 1.61. The molecule has 3 aromatic heterocycles. The van der Waals surface area contributed by atoms with Gasteiger partial charge in [0.25, 0.3) is 5.56 Å². The van der Waals surface area contributed by atoms with Crippen LogP contribution >= 0.6 is 22.7 Å². The molecule has 6 nitrogen and oxygen atoms in total. The molecule has 0 fully saturated rings. The van der Waals surface area contributed by atoms with E-state index in [9.17, 15) is 14.0 Å². The van der Waals surface area contributed by atoms with Crippen LogP contribution in [-0.2, 0) is 17.9 Å². The maximum atomic E-state index is 13.0. The Morgan fingerprint density at radius 1 is 1.25 bits per heavy atom. The fourth-order valence-corrected chi connectivity index (χ4v) is 4.43. The molecule has 1 amide bonds. The predicted octanol–water partition coefficient (Wildman–Crippen LogP) is 3.35. The normalized spacial score (nSPS) is 11.1. The van der Waals surface area contributed by atoms with E-state index in [4.69, 9.17) is 0 Å². The Labute approximate surface area is 167 Å². The van der Waals surface area contributed by atoms with Gasteiger partial charge in [0.1, 0.15) is 18.1 Å². The third-order valence-electron chi connectivity index (χ3n) is 4.06. The van der Waals surface area contributed by atoms with Crippen molar-refractivity contribution in [2.75, 3.05) is 0 Å². The van der Waals surface area contributed by atoms with Gasteiger partial charge in [-0.1, -0.05) is 18.2 Å². The van der Waals surface area contributed by atoms with Crippen molar-refractivity contribution in [1.29, 1.82) is 0 Å². The number of halogens is 1. The maximum Gasteiger partial charge on any atom is 0.294 e. The number of carbonyl (C=O) groups excluding carboxylic acids is 1. The largest absolute Gasteiger partial charge is 0.350 e. The van der Waals surface area contributed by atoms with Gasteiger partial charge in [-0.05, 0) is 36.1 Å². The van der Waals surface area contributed by atoms with Gasteiger partial charge in [-0.25, -0.2) is 14.1 Å². The molecule has 0 aliphatic carbocycles. The molecule has 0 atom stereocenters. The lowest BCUT2D eigenvalue weighted by molar-refractivity contribution is -0.122. The van der Waals surface area contributed by atoms with Crippen LogP contribution in [0.15, 0.2) is 46.6 Å². The quantitative estimate of drug-likeness (QED) is 0.543. The molecule has 1 N–H and O–H groups in total. The van der Waals surface area contributed by atoms with Crippen LogP contribution in [0.25, 0.3) is 20.8 Å². The number of rotatable bonds is 5. The monoisotopic (exact) mass is 414 g/mol. The molecular formula is C19H15FN4O2S2. The first-order chi connectivity index (χ1) is 13.5. The highest BCUT2D eigenvalue weighted by molar-refractivity contribution is 7.20. The standard InChI is InChI=1S/C19H15FN4O2S2/c1-11-22-17-18(28-11)16(14-3-2-8-27-14)23-24(19(17)26)10-15(25)21-9-12-4-6-13(20)7-5-12/h2-8H,9-10H2,1H3,(H,21,25). The Morgan fingerprint density at radius 3 is 2.75 bits per heavy atom. The zero-order valence-corrected chi connectivity index (χ0v) is 16.4. The minimum atomic E-state index is -0.392. The zero-order chi connectivity index (χ0) is 19.7. The van der Waals surface area contributed by atoms with E-state index in [-0.39, 0.29) is 24.8 Å². The minimum Gasteiger partial charge on any atom is -0.350 e. The summed E-state index contributed by atoms with van der Waals surface area (Å²) in [4.78, 5) is 30.3. The maximum absolute atomic E-state index is 13.0. The average Bonchev–Trinajstić information content (AvgIpc) is 3.33. The summed E-state index contributed by atoms with van der Waals surface area (Å²) in [5.74, 6) is -0.693. The van der Waals surface area contributed by atoms with Gasteiger partial charge in [-0.3, -0.25) is 9.59 Å². The number of fused-ring (bicyclic) bond motifs is 1. The lowest BCUT2D eigenvalue weighted by Gasteiger charge is -2.08. The van der Waals surface area contributed by atoms with Crippen LogP contribution in [0.4, 0.5) is 4.39 Å². The molecule has 3 heterocycles. The first-order valence-corrected chi connectivity index (χ1v) is 10.1. The van der Waals surface area contributed by atoms with Crippen molar-refractivity contribution in [3.8, 4) is 10.6 Å². The molecule has 0 saturated carbocycles. The number of nitrogens with zero attached hydrogens (tertiary/aromatic N) is 3. The van der Waals surface area contributed by atoms with Crippen LogP contribution in [0.5, 0.6) is 0 Å². The van der Waals surface area contributed by atoms with E-state index in [0.717, 1.165) is 24.8 Å². The lowest BCUT2D eigenvalue weighted by atomic mass is 10.2. The van der Waals surface area contributed by atoms with Gasteiger partial charge in [-0.15, -0.1) is 22.7 Å². The molecule has 0 bridgehead atoms. The van der Waals surface area contributed by atoms with Crippen LogP contribution in [-0.4, -0.2) is 20.7 Å².